The maximum Gasteiger partial charge on any atom is 0.0361 e. The summed E-state index contributed by atoms with van der Waals surface area (Å²) in [5.41, 5.74) is 8.69. The quantitative estimate of drug-likeness (QED) is 0.827. The van der Waals surface area contributed by atoms with Crippen LogP contribution < -0.4 is 10.6 Å². The summed E-state index contributed by atoms with van der Waals surface area (Å²) in [6.07, 6.45) is 4.87. The second-order valence-electron chi connectivity index (χ2n) is 5.10. The summed E-state index contributed by atoms with van der Waals surface area (Å²) in [5.74, 6) is 0.732. The van der Waals surface area contributed by atoms with Gasteiger partial charge in [-0.2, -0.15) is 0 Å². The van der Waals surface area contributed by atoms with Gasteiger partial charge in [0, 0.05) is 25.8 Å². The van der Waals surface area contributed by atoms with Crippen LogP contribution in [-0.4, -0.2) is 20.1 Å². The number of nitrogens with two attached hydrogens (primary N) is 1. The molecule has 0 aromatic heterocycles. The van der Waals surface area contributed by atoms with Crippen LogP contribution in [0.3, 0.4) is 0 Å². The lowest BCUT2D eigenvalue weighted by atomic mass is 9.82. The lowest BCUT2D eigenvalue weighted by molar-refractivity contribution is 0.395. The van der Waals surface area contributed by atoms with E-state index in [0.29, 0.717) is 6.04 Å². The van der Waals surface area contributed by atoms with Gasteiger partial charge in [-0.15, -0.1) is 0 Å². The molecule has 0 heterocycles. The molecular formula is C14H22N2. The van der Waals surface area contributed by atoms with Gasteiger partial charge in [0.25, 0.3) is 0 Å². The van der Waals surface area contributed by atoms with E-state index in [1.165, 1.54) is 36.9 Å². The Kier molecular flexibility index (Phi) is 3.49. The lowest BCUT2D eigenvalue weighted by Crippen LogP contribution is -2.25. The SMILES string of the molecule is CN(C)c1ccc(C2CCC(N)CC2)cc1. The van der Waals surface area contributed by atoms with Crippen molar-refractivity contribution in [2.45, 2.75) is 37.6 Å². The number of nitrogens with zero attached hydrogens (tertiary/aromatic N) is 1. The van der Waals surface area contributed by atoms with Gasteiger partial charge < -0.3 is 10.6 Å². The van der Waals surface area contributed by atoms with E-state index in [1.54, 1.807) is 0 Å². The van der Waals surface area contributed by atoms with E-state index >= 15 is 0 Å². The first-order valence-corrected chi connectivity index (χ1v) is 6.19. The van der Waals surface area contributed by atoms with Crippen molar-refractivity contribution >= 4 is 5.69 Å². The molecule has 0 saturated heterocycles. The Labute approximate surface area is 98.4 Å². The zero-order valence-electron chi connectivity index (χ0n) is 10.3. The van der Waals surface area contributed by atoms with Gasteiger partial charge in [-0.25, -0.2) is 0 Å². The number of anilines is 1. The van der Waals surface area contributed by atoms with Gasteiger partial charge >= 0.3 is 0 Å². The predicted octanol–water partition coefficient (Wildman–Crippen LogP) is 2.74. The van der Waals surface area contributed by atoms with Crippen molar-refractivity contribution < 1.29 is 0 Å². The van der Waals surface area contributed by atoms with E-state index in [0.717, 1.165) is 5.92 Å². The van der Waals surface area contributed by atoms with Gasteiger partial charge in [-0.1, -0.05) is 12.1 Å². The molecule has 1 aliphatic carbocycles. The molecule has 0 unspecified atom stereocenters. The maximum atomic E-state index is 5.93. The molecule has 0 spiro atoms. The van der Waals surface area contributed by atoms with Gasteiger partial charge in [0.1, 0.15) is 0 Å². The third-order valence-corrected chi connectivity index (χ3v) is 3.65. The topological polar surface area (TPSA) is 29.3 Å². The number of benzene rings is 1. The van der Waals surface area contributed by atoms with Crippen LogP contribution in [0.4, 0.5) is 5.69 Å². The van der Waals surface area contributed by atoms with Gasteiger partial charge in [0.2, 0.25) is 0 Å². The molecule has 0 atom stereocenters. The van der Waals surface area contributed by atoms with Crippen molar-refractivity contribution in [2.24, 2.45) is 5.73 Å². The van der Waals surface area contributed by atoms with E-state index in [2.05, 4.69) is 43.3 Å². The monoisotopic (exact) mass is 218 g/mol. The second kappa shape index (κ2) is 4.88. The van der Waals surface area contributed by atoms with Crippen molar-refractivity contribution in [2.75, 3.05) is 19.0 Å². The summed E-state index contributed by atoms with van der Waals surface area (Å²) in [6, 6.07) is 9.42. The minimum atomic E-state index is 0.442. The van der Waals surface area contributed by atoms with Crippen LogP contribution in [0.15, 0.2) is 24.3 Å². The second-order valence-corrected chi connectivity index (χ2v) is 5.10. The normalized spacial score (nSPS) is 25.4. The number of hydrogen-bond acceptors (Lipinski definition) is 2. The molecule has 2 nitrogen and oxygen atoms in total. The fourth-order valence-corrected chi connectivity index (χ4v) is 2.50. The average Bonchev–Trinajstić information content (AvgIpc) is 2.30. The molecule has 88 valence electrons. The van der Waals surface area contributed by atoms with Crippen LogP contribution in [0.5, 0.6) is 0 Å². The highest BCUT2D eigenvalue weighted by molar-refractivity contribution is 5.46. The van der Waals surface area contributed by atoms with Gasteiger partial charge in [0.05, 0.1) is 0 Å². The zero-order chi connectivity index (χ0) is 11.5. The van der Waals surface area contributed by atoms with E-state index in [4.69, 9.17) is 5.73 Å². The van der Waals surface area contributed by atoms with Crippen LogP contribution in [0, 0.1) is 0 Å². The molecule has 0 amide bonds. The molecule has 2 rings (SSSR count). The van der Waals surface area contributed by atoms with Crippen molar-refractivity contribution in [3.8, 4) is 0 Å². The Balaban J connectivity index is 2.04. The highest BCUT2D eigenvalue weighted by Gasteiger charge is 2.19. The summed E-state index contributed by atoms with van der Waals surface area (Å²) in [4.78, 5) is 2.14. The van der Waals surface area contributed by atoms with E-state index < -0.39 is 0 Å². The smallest absolute Gasteiger partial charge is 0.0361 e. The lowest BCUT2D eigenvalue weighted by Gasteiger charge is -2.26. The number of hydrogen-bond donors (Lipinski definition) is 1. The standard InChI is InChI=1S/C14H22N2/c1-16(2)14-9-5-12(6-10-14)11-3-7-13(15)8-4-11/h5-6,9-11,13H,3-4,7-8,15H2,1-2H3. The minimum absolute atomic E-state index is 0.442. The first-order valence-electron chi connectivity index (χ1n) is 6.19. The third kappa shape index (κ3) is 2.56. The third-order valence-electron chi connectivity index (χ3n) is 3.65. The van der Waals surface area contributed by atoms with Crippen LogP contribution >= 0.6 is 0 Å². The molecular weight excluding hydrogens is 196 g/mol. The Morgan fingerprint density at radius 1 is 1.00 bits per heavy atom. The fraction of sp³-hybridized carbons (Fsp3) is 0.571. The predicted molar refractivity (Wildman–Crippen MR) is 70.0 cm³/mol. The summed E-state index contributed by atoms with van der Waals surface area (Å²) >= 11 is 0. The van der Waals surface area contributed by atoms with Crippen molar-refractivity contribution in [3.05, 3.63) is 29.8 Å². The molecule has 16 heavy (non-hydrogen) atoms. The van der Waals surface area contributed by atoms with Crippen molar-refractivity contribution in [3.63, 3.8) is 0 Å². The summed E-state index contributed by atoms with van der Waals surface area (Å²) in [7, 11) is 4.16. The highest BCUT2D eigenvalue weighted by atomic mass is 15.1. The molecule has 1 aliphatic rings. The Morgan fingerprint density at radius 2 is 1.56 bits per heavy atom. The molecule has 0 radical (unpaired) electrons. The van der Waals surface area contributed by atoms with E-state index in [-0.39, 0.29) is 0 Å². The maximum absolute atomic E-state index is 5.93. The first kappa shape index (κ1) is 11.5. The Morgan fingerprint density at radius 3 is 2.06 bits per heavy atom. The molecule has 0 aliphatic heterocycles. The summed E-state index contributed by atoms with van der Waals surface area (Å²) < 4.78 is 0. The van der Waals surface area contributed by atoms with Crippen molar-refractivity contribution in [1.29, 1.82) is 0 Å². The fourth-order valence-electron chi connectivity index (χ4n) is 2.50. The summed E-state index contributed by atoms with van der Waals surface area (Å²) in [6.45, 7) is 0. The summed E-state index contributed by atoms with van der Waals surface area (Å²) in [5, 5.41) is 0. The Bertz CT molecular complexity index is 321. The van der Waals surface area contributed by atoms with Crippen LogP contribution in [0.25, 0.3) is 0 Å². The minimum Gasteiger partial charge on any atom is -0.378 e. The van der Waals surface area contributed by atoms with Gasteiger partial charge in [0.15, 0.2) is 0 Å². The highest BCUT2D eigenvalue weighted by Crippen LogP contribution is 2.32. The average molecular weight is 218 g/mol. The van der Waals surface area contributed by atoms with Gasteiger partial charge in [-0.05, 0) is 49.3 Å². The zero-order valence-corrected chi connectivity index (χ0v) is 10.3. The molecule has 2 heteroatoms. The number of rotatable bonds is 2. The van der Waals surface area contributed by atoms with Crippen LogP contribution in [-0.2, 0) is 0 Å². The molecule has 2 N–H and O–H groups in total. The van der Waals surface area contributed by atoms with Crippen LogP contribution in [0.2, 0.25) is 0 Å². The largest absolute Gasteiger partial charge is 0.378 e. The first-order chi connectivity index (χ1) is 7.66. The molecule has 0 bridgehead atoms. The molecule has 1 aromatic carbocycles. The van der Waals surface area contributed by atoms with Crippen molar-refractivity contribution in [1.82, 2.24) is 0 Å². The van der Waals surface area contributed by atoms with E-state index in [1.807, 2.05) is 0 Å². The molecule has 1 saturated carbocycles. The molecule has 1 fully saturated rings. The van der Waals surface area contributed by atoms with Gasteiger partial charge in [-0.3, -0.25) is 0 Å². The Hall–Kier alpha value is -1.02. The molecule has 1 aromatic rings. The van der Waals surface area contributed by atoms with E-state index in [9.17, 15) is 0 Å². The van der Waals surface area contributed by atoms with Crippen LogP contribution in [0.1, 0.15) is 37.2 Å².